The number of ether oxygens (including phenoxy) is 1. The minimum Gasteiger partial charge on any atom is -0.374 e. The molecule has 5 heteroatoms. The highest BCUT2D eigenvalue weighted by Crippen LogP contribution is 2.37. The van der Waals surface area contributed by atoms with Gasteiger partial charge in [0, 0.05) is 25.8 Å². The van der Waals surface area contributed by atoms with Crippen molar-refractivity contribution >= 4 is 11.6 Å². The molecule has 1 aliphatic carbocycles. The molecule has 106 valence electrons. The summed E-state index contributed by atoms with van der Waals surface area (Å²) in [7, 11) is 0. The van der Waals surface area contributed by atoms with E-state index < -0.39 is 0 Å². The zero-order valence-corrected chi connectivity index (χ0v) is 12.1. The topological polar surface area (TPSA) is 59.1 Å². The molecule has 2 atom stereocenters. The summed E-state index contributed by atoms with van der Waals surface area (Å²) < 4.78 is 5.38. The minimum atomic E-state index is 0.463. The van der Waals surface area contributed by atoms with E-state index in [0.29, 0.717) is 13.2 Å². The first kappa shape index (κ1) is 14.1. The highest BCUT2D eigenvalue weighted by atomic mass is 16.5. The Labute approximate surface area is 115 Å². The van der Waals surface area contributed by atoms with E-state index in [4.69, 9.17) is 4.74 Å². The van der Waals surface area contributed by atoms with Crippen LogP contribution in [0, 0.1) is 11.8 Å². The fourth-order valence-corrected chi connectivity index (χ4v) is 2.04. The zero-order valence-electron chi connectivity index (χ0n) is 12.1. The Hall–Kier alpha value is -1.36. The van der Waals surface area contributed by atoms with Crippen LogP contribution in [0.4, 0.5) is 11.6 Å². The summed E-state index contributed by atoms with van der Waals surface area (Å²) in [5, 5.41) is 6.64. The second kappa shape index (κ2) is 6.70. The zero-order chi connectivity index (χ0) is 13.7. The van der Waals surface area contributed by atoms with E-state index in [9.17, 15) is 0 Å². The highest BCUT2D eigenvalue weighted by molar-refractivity contribution is 5.47. The lowest BCUT2D eigenvalue weighted by Crippen LogP contribution is -2.11. The summed E-state index contributed by atoms with van der Waals surface area (Å²) in [5.41, 5.74) is 0. The SMILES string of the molecule is CCNc1cc(NCC2CC2C)nc(COCC)n1. The molecule has 0 saturated heterocycles. The first-order valence-electron chi connectivity index (χ1n) is 7.16. The van der Waals surface area contributed by atoms with Gasteiger partial charge in [0.05, 0.1) is 0 Å². The van der Waals surface area contributed by atoms with Gasteiger partial charge in [-0.3, -0.25) is 0 Å². The Balaban J connectivity index is 1.99. The van der Waals surface area contributed by atoms with E-state index in [1.807, 2.05) is 13.0 Å². The van der Waals surface area contributed by atoms with Crippen molar-refractivity contribution in [3.05, 3.63) is 11.9 Å². The predicted molar refractivity (Wildman–Crippen MR) is 77.3 cm³/mol. The van der Waals surface area contributed by atoms with Crippen LogP contribution >= 0.6 is 0 Å². The Morgan fingerprint density at radius 3 is 2.53 bits per heavy atom. The molecule has 0 aromatic carbocycles. The number of hydrogen-bond donors (Lipinski definition) is 2. The molecule has 1 aliphatic rings. The molecule has 1 aromatic heterocycles. The number of rotatable bonds is 8. The van der Waals surface area contributed by atoms with Crippen molar-refractivity contribution < 1.29 is 4.74 Å². The van der Waals surface area contributed by atoms with Gasteiger partial charge in [-0.15, -0.1) is 0 Å². The molecule has 5 nitrogen and oxygen atoms in total. The van der Waals surface area contributed by atoms with Crippen LogP contribution in [0.25, 0.3) is 0 Å². The summed E-state index contributed by atoms with van der Waals surface area (Å²) in [4.78, 5) is 8.92. The van der Waals surface area contributed by atoms with Crippen LogP contribution in [0.1, 0.15) is 33.0 Å². The van der Waals surface area contributed by atoms with Crippen molar-refractivity contribution in [3.63, 3.8) is 0 Å². The first-order valence-corrected chi connectivity index (χ1v) is 7.16. The highest BCUT2D eigenvalue weighted by Gasteiger charge is 2.31. The summed E-state index contributed by atoms with van der Waals surface area (Å²) in [6.45, 7) is 9.31. The summed E-state index contributed by atoms with van der Waals surface area (Å²) in [5.74, 6) is 4.13. The molecule has 1 heterocycles. The number of aromatic nitrogens is 2. The number of nitrogens with one attached hydrogen (secondary N) is 2. The fraction of sp³-hybridized carbons (Fsp3) is 0.714. The second-order valence-corrected chi connectivity index (χ2v) is 5.08. The van der Waals surface area contributed by atoms with Gasteiger partial charge in [0.2, 0.25) is 0 Å². The van der Waals surface area contributed by atoms with Crippen molar-refractivity contribution in [2.45, 2.75) is 33.8 Å². The molecule has 0 aliphatic heterocycles. The Morgan fingerprint density at radius 1 is 1.26 bits per heavy atom. The van der Waals surface area contributed by atoms with Gasteiger partial charge in [-0.1, -0.05) is 6.92 Å². The van der Waals surface area contributed by atoms with E-state index in [1.54, 1.807) is 0 Å². The van der Waals surface area contributed by atoms with E-state index in [2.05, 4.69) is 34.4 Å². The standard InChI is InChI=1S/C14H24N4O/c1-4-15-12-7-13(16-8-11-6-10(11)3)18-14(17-12)9-19-5-2/h7,10-11H,4-6,8-9H2,1-3H3,(H2,15,16,17,18). The normalized spacial score (nSPS) is 21.2. The van der Waals surface area contributed by atoms with Crippen molar-refractivity contribution in [2.75, 3.05) is 30.3 Å². The largest absolute Gasteiger partial charge is 0.374 e. The lowest BCUT2D eigenvalue weighted by Gasteiger charge is -2.10. The molecular weight excluding hydrogens is 240 g/mol. The molecule has 0 spiro atoms. The average Bonchev–Trinajstić information content (AvgIpc) is 3.10. The van der Waals surface area contributed by atoms with Gasteiger partial charge in [-0.05, 0) is 32.1 Å². The minimum absolute atomic E-state index is 0.463. The van der Waals surface area contributed by atoms with Crippen molar-refractivity contribution in [2.24, 2.45) is 11.8 Å². The van der Waals surface area contributed by atoms with Crippen LogP contribution in [0.3, 0.4) is 0 Å². The molecule has 0 amide bonds. The van der Waals surface area contributed by atoms with Gasteiger partial charge in [0.1, 0.15) is 18.2 Å². The van der Waals surface area contributed by atoms with Crippen molar-refractivity contribution in [3.8, 4) is 0 Å². The molecule has 2 unspecified atom stereocenters. The Kier molecular flexibility index (Phi) is 4.96. The number of anilines is 2. The molecular formula is C14H24N4O. The monoisotopic (exact) mass is 264 g/mol. The first-order chi connectivity index (χ1) is 9.22. The van der Waals surface area contributed by atoms with Crippen LogP contribution in [-0.2, 0) is 11.3 Å². The van der Waals surface area contributed by atoms with Gasteiger partial charge in [-0.25, -0.2) is 9.97 Å². The molecule has 2 rings (SSSR count). The van der Waals surface area contributed by atoms with Gasteiger partial charge in [-0.2, -0.15) is 0 Å². The van der Waals surface area contributed by atoms with Crippen LogP contribution in [-0.4, -0.2) is 29.7 Å². The maximum Gasteiger partial charge on any atom is 0.158 e. The maximum atomic E-state index is 5.38. The van der Waals surface area contributed by atoms with Crippen LogP contribution in [0.5, 0.6) is 0 Å². The van der Waals surface area contributed by atoms with E-state index >= 15 is 0 Å². The summed E-state index contributed by atoms with van der Waals surface area (Å²) >= 11 is 0. The smallest absolute Gasteiger partial charge is 0.158 e. The van der Waals surface area contributed by atoms with E-state index in [-0.39, 0.29) is 0 Å². The second-order valence-electron chi connectivity index (χ2n) is 5.08. The lowest BCUT2D eigenvalue weighted by atomic mass is 10.3. The van der Waals surface area contributed by atoms with Crippen molar-refractivity contribution in [1.82, 2.24) is 9.97 Å². The maximum absolute atomic E-state index is 5.38. The van der Waals surface area contributed by atoms with Gasteiger partial charge in [0.15, 0.2) is 5.82 Å². The quantitative estimate of drug-likeness (QED) is 0.755. The Morgan fingerprint density at radius 2 is 1.95 bits per heavy atom. The molecule has 19 heavy (non-hydrogen) atoms. The fourth-order valence-electron chi connectivity index (χ4n) is 2.04. The molecule has 1 aromatic rings. The molecule has 1 saturated carbocycles. The van der Waals surface area contributed by atoms with Crippen LogP contribution < -0.4 is 10.6 Å². The van der Waals surface area contributed by atoms with Gasteiger partial charge >= 0.3 is 0 Å². The summed E-state index contributed by atoms with van der Waals surface area (Å²) in [6, 6.07) is 1.96. The van der Waals surface area contributed by atoms with Gasteiger partial charge < -0.3 is 15.4 Å². The number of hydrogen-bond acceptors (Lipinski definition) is 5. The van der Waals surface area contributed by atoms with Crippen LogP contribution in [0.15, 0.2) is 6.07 Å². The Bertz CT molecular complexity index is 410. The summed E-state index contributed by atoms with van der Waals surface area (Å²) in [6.07, 6.45) is 1.32. The van der Waals surface area contributed by atoms with E-state index in [0.717, 1.165) is 42.4 Å². The van der Waals surface area contributed by atoms with Gasteiger partial charge in [0.25, 0.3) is 0 Å². The third-order valence-corrected chi connectivity index (χ3v) is 3.39. The predicted octanol–water partition coefficient (Wildman–Crippen LogP) is 2.51. The number of nitrogens with zero attached hydrogens (tertiary/aromatic N) is 2. The molecule has 2 N–H and O–H groups in total. The van der Waals surface area contributed by atoms with Crippen LogP contribution in [0.2, 0.25) is 0 Å². The average molecular weight is 264 g/mol. The molecule has 0 bridgehead atoms. The lowest BCUT2D eigenvalue weighted by molar-refractivity contribution is 0.128. The van der Waals surface area contributed by atoms with E-state index in [1.165, 1.54) is 6.42 Å². The van der Waals surface area contributed by atoms with Crippen molar-refractivity contribution in [1.29, 1.82) is 0 Å². The molecule has 1 fully saturated rings. The molecule has 0 radical (unpaired) electrons. The third-order valence-electron chi connectivity index (χ3n) is 3.39. The third kappa shape index (κ3) is 4.35.